The molecule has 0 aliphatic rings. The minimum atomic E-state index is -0.507. The molecule has 0 aliphatic heterocycles. The molecule has 0 saturated carbocycles. The summed E-state index contributed by atoms with van der Waals surface area (Å²) in [5.74, 6) is -0.834. The zero-order valence-corrected chi connectivity index (χ0v) is 15.2. The van der Waals surface area contributed by atoms with Crippen molar-refractivity contribution in [3.63, 3.8) is 0 Å². The van der Waals surface area contributed by atoms with Gasteiger partial charge in [0.1, 0.15) is 0 Å². The van der Waals surface area contributed by atoms with Crippen LogP contribution in [0.3, 0.4) is 0 Å². The van der Waals surface area contributed by atoms with E-state index in [2.05, 4.69) is 10.1 Å². The van der Waals surface area contributed by atoms with Crippen molar-refractivity contribution in [2.24, 2.45) is 4.99 Å². The second-order valence-corrected chi connectivity index (χ2v) is 6.95. The van der Waals surface area contributed by atoms with Gasteiger partial charge in [-0.25, -0.2) is 0 Å². The Bertz CT molecular complexity index is 946. The van der Waals surface area contributed by atoms with Crippen LogP contribution in [0.25, 0.3) is 5.69 Å². The van der Waals surface area contributed by atoms with E-state index in [0.29, 0.717) is 9.93 Å². The van der Waals surface area contributed by atoms with Crippen molar-refractivity contribution in [2.75, 3.05) is 6.61 Å². The number of nitrogens with zero attached hydrogens (tertiary/aromatic N) is 3. The van der Waals surface area contributed by atoms with E-state index in [4.69, 9.17) is 4.74 Å². The van der Waals surface area contributed by atoms with E-state index in [1.54, 1.807) is 31.2 Å². The summed E-state index contributed by atoms with van der Waals surface area (Å²) in [6, 6.07) is 18.1. The quantitative estimate of drug-likeness (QED) is 0.495. The molecule has 126 valence electrons. The topological polar surface area (TPSA) is 73.5 Å². The Labute approximate surface area is 150 Å². The predicted molar refractivity (Wildman–Crippen MR) is 92.8 cm³/mol. The van der Waals surface area contributed by atoms with Gasteiger partial charge in [-0.1, -0.05) is 0 Å². The summed E-state index contributed by atoms with van der Waals surface area (Å²) in [7, 11) is 0. The number of esters is 1. The van der Waals surface area contributed by atoms with Crippen LogP contribution in [0, 0.1) is 0 Å². The molecule has 0 unspecified atom stereocenters. The van der Waals surface area contributed by atoms with Gasteiger partial charge in [0.25, 0.3) is 0 Å². The van der Waals surface area contributed by atoms with Crippen molar-refractivity contribution in [1.29, 1.82) is 0 Å². The third kappa shape index (κ3) is 4.02. The Morgan fingerprint density at radius 2 is 1.72 bits per heavy atom. The van der Waals surface area contributed by atoms with Crippen LogP contribution in [0.1, 0.15) is 26.6 Å². The molecule has 0 aliphatic carbocycles. The van der Waals surface area contributed by atoms with Gasteiger partial charge in [0.15, 0.2) is 0 Å². The number of rotatable bonds is 4. The molecule has 0 bridgehead atoms. The van der Waals surface area contributed by atoms with Gasteiger partial charge in [0.05, 0.1) is 0 Å². The Balaban J connectivity index is 2.09. The summed E-state index contributed by atoms with van der Waals surface area (Å²) >= 11 is -0.507. The number of carbonyl (C=O) groups is 2. The van der Waals surface area contributed by atoms with Gasteiger partial charge in [-0.2, -0.15) is 0 Å². The Morgan fingerprint density at radius 1 is 1.08 bits per heavy atom. The number of carbonyl (C=O) groups excluding carboxylic acids is 2. The second kappa shape index (κ2) is 7.87. The molecular formula is C18H15N3O3Se. The van der Waals surface area contributed by atoms with Crippen LogP contribution in [0.15, 0.2) is 65.7 Å². The summed E-state index contributed by atoms with van der Waals surface area (Å²) < 4.78 is 7.31. The molecule has 2 aromatic carbocycles. The third-order valence-electron chi connectivity index (χ3n) is 3.23. The first-order valence-electron chi connectivity index (χ1n) is 7.66. The van der Waals surface area contributed by atoms with E-state index in [-0.39, 0.29) is 17.1 Å². The van der Waals surface area contributed by atoms with Gasteiger partial charge >= 0.3 is 150 Å². The van der Waals surface area contributed by atoms with Crippen LogP contribution in [-0.4, -0.2) is 42.8 Å². The Hall–Kier alpha value is -2.76. The number of para-hydroxylation sites is 1. The fourth-order valence-corrected chi connectivity index (χ4v) is 3.77. The maximum atomic E-state index is 12.4. The molecule has 0 saturated heterocycles. The molecule has 3 aromatic rings. The first-order valence-corrected chi connectivity index (χ1v) is 9.37. The average molecular weight is 400 g/mol. The zero-order chi connectivity index (χ0) is 17.6. The second-order valence-electron chi connectivity index (χ2n) is 4.94. The van der Waals surface area contributed by atoms with Crippen LogP contribution >= 0.6 is 0 Å². The van der Waals surface area contributed by atoms with Crippen molar-refractivity contribution in [2.45, 2.75) is 6.92 Å². The van der Waals surface area contributed by atoms with Crippen molar-refractivity contribution in [3.05, 3.63) is 75.2 Å². The average Bonchev–Trinajstić information content (AvgIpc) is 3.07. The molecule has 6 nitrogen and oxygen atoms in total. The van der Waals surface area contributed by atoms with Crippen molar-refractivity contribution in [3.8, 4) is 5.69 Å². The predicted octanol–water partition coefficient (Wildman–Crippen LogP) is 1.85. The number of ether oxygens (including phenoxy) is 1. The molecule has 0 fully saturated rings. The summed E-state index contributed by atoms with van der Waals surface area (Å²) in [5.41, 5.74) is 1.23. The van der Waals surface area contributed by atoms with E-state index in [1.165, 1.54) is 4.68 Å². The molecule has 0 atom stereocenters. The van der Waals surface area contributed by atoms with Crippen LogP contribution in [-0.2, 0) is 4.74 Å². The number of benzene rings is 2. The first-order chi connectivity index (χ1) is 12.2. The number of aromatic nitrogens is 2. The molecule has 1 aromatic heterocycles. The van der Waals surface area contributed by atoms with E-state index >= 15 is 0 Å². The molecule has 0 N–H and O–H groups in total. The van der Waals surface area contributed by atoms with Crippen molar-refractivity contribution >= 4 is 26.4 Å². The SMILES string of the molecule is CCOC(=O)c1nn(-c2ccccc2)c(=NC(=O)c2ccccc2)[se]1. The fourth-order valence-electron chi connectivity index (χ4n) is 2.10. The van der Waals surface area contributed by atoms with Crippen LogP contribution in [0.5, 0.6) is 0 Å². The number of amides is 1. The monoisotopic (exact) mass is 401 g/mol. The first kappa shape index (κ1) is 17.1. The van der Waals surface area contributed by atoms with Crippen LogP contribution in [0.4, 0.5) is 0 Å². The molecule has 0 spiro atoms. The van der Waals surface area contributed by atoms with Crippen molar-refractivity contribution in [1.82, 2.24) is 9.78 Å². The molecule has 25 heavy (non-hydrogen) atoms. The van der Waals surface area contributed by atoms with Crippen LogP contribution in [0.2, 0.25) is 0 Å². The van der Waals surface area contributed by atoms with Crippen molar-refractivity contribution < 1.29 is 14.3 Å². The fraction of sp³-hybridized carbons (Fsp3) is 0.111. The third-order valence-corrected chi connectivity index (χ3v) is 5.09. The Kier molecular flexibility index (Phi) is 5.38. The van der Waals surface area contributed by atoms with E-state index in [1.807, 2.05) is 36.4 Å². The summed E-state index contributed by atoms with van der Waals surface area (Å²) in [6.45, 7) is 2.01. The molecule has 1 heterocycles. The van der Waals surface area contributed by atoms with Gasteiger partial charge < -0.3 is 0 Å². The number of hydrogen-bond donors (Lipinski definition) is 0. The molecule has 7 heteroatoms. The summed E-state index contributed by atoms with van der Waals surface area (Å²) in [4.78, 5) is 28.6. The van der Waals surface area contributed by atoms with Crippen LogP contribution < -0.4 is 4.36 Å². The van der Waals surface area contributed by atoms with E-state index in [9.17, 15) is 9.59 Å². The molecule has 1 amide bonds. The normalized spacial score (nSPS) is 11.3. The van der Waals surface area contributed by atoms with Gasteiger partial charge in [0.2, 0.25) is 0 Å². The standard InChI is InChI=1S/C18H15N3O3Se/c1-2-24-17(23)16-20-21(14-11-7-4-8-12-14)18(25-16)19-15(22)13-9-5-3-6-10-13/h3-12H,2H2,1H3. The number of hydrogen-bond acceptors (Lipinski definition) is 4. The zero-order valence-electron chi connectivity index (χ0n) is 13.5. The Morgan fingerprint density at radius 3 is 2.36 bits per heavy atom. The summed E-state index contributed by atoms with van der Waals surface area (Å²) in [6.07, 6.45) is 0. The molecule has 0 radical (unpaired) electrons. The molecule has 3 rings (SSSR count). The summed E-state index contributed by atoms with van der Waals surface area (Å²) in [5, 5.41) is 4.33. The molecular weight excluding hydrogens is 385 g/mol. The van der Waals surface area contributed by atoms with Gasteiger partial charge in [0, 0.05) is 0 Å². The van der Waals surface area contributed by atoms with E-state index in [0.717, 1.165) is 5.69 Å². The minimum absolute atomic E-state index is 0.273. The van der Waals surface area contributed by atoms with Gasteiger partial charge in [-0.3, -0.25) is 0 Å². The van der Waals surface area contributed by atoms with Gasteiger partial charge in [-0.05, 0) is 0 Å². The maximum absolute atomic E-state index is 12.4. The van der Waals surface area contributed by atoms with Gasteiger partial charge in [-0.15, -0.1) is 0 Å². The van der Waals surface area contributed by atoms with E-state index < -0.39 is 20.5 Å².